The highest BCUT2D eigenvalue weighted by Gasteiger charge is 2.38. The molecule has 1 aromatic carbocycles. The third kappa shape index (κ3) is 4.30. The van der Waals surface area contributed by atoms with Crippen LogP contribution in [-0.2, 0) is 11.2 Å². The Morgan fingerprint density at radius 2 is 2.24 bits per heavy atom. The first-order valence-electron chi connectivity index (χ1n) is 8.31. The van der Waals surface area contributed by atoms with Gasteiger partial charge in [0.1, 0.15) is 23.7 Å². The second-order valence-electron chi connectivity index (χ2n) is 6.52. The molecule has 0 unspecified atom stereocenters. The molecule has 1 amide bonds. The maximum atomic E-state index is 12.3. The fourth-order valence-corrected chi connectivity index (χ4v) is 2.95. The van der Waals surface area contributed by atoms with E-state index in [1.807, 2.05) is 31.2 Å². The highest BCUT2D eigenvalue weighted by atomic mass is 16.5. The van der Waals surface area contributed by atoms with Gasteiger partial charge in [0.05, 0.1) is 6.54 Å². The molecule has 2 aromatic rings. The van der Waals surface area contributed by atoms with Crippen molar-refractivity contribution in [3.05, 3.63) is 52.0 Å². The van der Waals surface area contributed by atoms with Crippen molar-refractivity contribution in [3.8, 4) is 5.75 Å². The molecule has 0 saturated carbocycles. The van der Waals surface area contributed by atoms with Gasteiger partial charge in [-0.25, -0.2) is 0 Å². The second kappa shape index (κ2) is 7.14. The molecular formula is C18H22N2O5. The third-order valence-corrected chi connectivity index (χ3v) is 4.43. The summed E-state index contributed by atoms with van der Waals surface area (Å²) in [4.78, 5) is 24.9. The minimum atomic E-state index is -1.04. The molecule has 134 valence electrons. The molecule has 3 rings (SSSR count). The zero-order chi connectivity index (χ0) is 17.9. The highest BCUT2D eigenvalue weighted by molar-refractivity contribution is 5.76. The summed E-state index contributed by atoms with van der Waals surface area (Å²) >= 11 is 0. The van der Waals surface area contributed by atoms with Crippen LogP contribution < -0.4 is 10.3 Å². The van der Waals surface area contributed by atoms with Gasteiger partial charge in [-0.1, -0.05) is 18.2 Å². The van der Waals surface area contributed by atoms with Gasteiger partial charge in [0.15, 0.2) is 0 Å². The summed E-state index contributed by atoms with van der Waals surface area (Å²) < 4.78 is 10.7. The van der Waals surface area contributed by atoms with Gasteiger partial charge in [0.25, 0.3) is 5.56 Å². The zero-order valence-corrected chi connectivity index (χ0v) is 14.2. The number of nitrogens with zero attached hydrogens (tertiary/aromatic N) is 1. The first-order chi connectivity index (χ1) is 12.0. The van der Waals surface area contributed by atoms with Crippen LogP contribution in [-0.4, -0.2) is 46.4 Å². The van der Waals surface area contributed by atoms with Crippen molar-refractivity contribution in [3.63, 3.8) is 0 Å². The van der Waals surface area contributed by atoms with Gasteiger partial charge >= 0.3 is 0 Å². The van der Waals surface area contributed by atoms with E-state index in [1.54, 1.807) is 4.90 Å². The van der Waals surface area contributed by atoms with Gasteiger partial charge in [-0.2, -0.15) is 5.16 Å². The molecule has 7 heteroatoms. The SMILES string of the molecule is Cc1ccccc1OC[C@@]1(O)CCN(C(=O)CCc2cc(=O)[nH]o2)C1. The molecule has 1 atom stereocenters. The lowest BCUT2D eigenvalue weighted by Crippen LogP contribution is -2.40. The van der Waals surface area contributed by atoms with Crippen LogP contribution in [0.15, 0.2) is 39.6 Å². The number of aromatic nitrogens is 1. The average molecular weight is 346 g/mol. The molecule has 0 aliphatic carbocycles. The summed E-state index contributed by atoms with van der Waals surface area (Å²) in [6, 6.07) is 8.96. The van der Waals surface area contributed by atoms with E-state index in [4.69, 9.17) is 9.26 Å². The molecule has 0 radical (unpaired) electrons. The van der Waals surface area contributed by atoms with Crippen LogP contribution in [0, 0.1) is 6.92 Å². The van der Waals surface area contributed by atoms with E-state index in [0.29, 0.717) is 25.1 Å². The molecular weight excluding hydrogens is 324 g/mol. The van der Waals surface area contributed by atoms with Crippen LogP contribution >= 0.6 is 0 Å². The molecule has 1 fully saturated rings. The van der Waals surface area contributed by atoms with Crippen molar-refractivity contribution in [1.82, 2.24) is 10.1 Å². The summed E-state index contributed by atoms with van der Waals surface area (Å²) in [5.74, 6) is 1.12. The molecule has 2 N–H and O–H groups in total. The highest BCUT2D eigenvalue weighted by Crippen LogP contribution is 2.25. The number of hydrogen-bond donors (Lipinski definition) is 2. The standard InChI is InChI=1S/C18H22N2O5/c1-13-4-2-3-5-15(13)24-12-18(23)8-9-20(11-18)17(22)7-6-14-10-16(21)19-25-14/h2-5,10,23H,6-9,11-12H2,1H3,(H,19,21)/t18-/m1/s1. The van der Waals surface area contributed by atoms with Crippen LogP contribution in [0.4, 0.5) is 0 Å². The number of H-pyrrole nitrogens is 1. The summed E-state index contributed by atoms with van der Waals surface area (Å²) in [6.07, 6.45) is 1.06. The number of carbonyl (C=O) groups is 1. The lowest BCUT2D eigenvalue weighted by atomic mass is 10.1. The Kier molecular flexibility index (Phi) is 4.94. The number of para-hydroxylation sites is 1. The van der Waals surface area contributed by atoms with E-state index >= 15 is 0 Å². The van der Waals surface area contributed by atoms with Crippen LogP contribution in [0.25, 0.3) is 0 Å². The van der Waals surface area contributed by atoms with Gasteiger partial charge in [-0.05, 0) is 25.0 Å². The van der Waals surface area contributed by atoms with E-state index in [2.05, 4.69) is 5.16 Å². The number of β-amino-alcohol motifs (C(OH)–C–C–N with tert-alkyl or cyclic N) is 1. The lowest BCUT2D eigenvalue weighted by Gasteiger charge is -2.24. The number of aliphatic hydroxyl groups is 1. The van der Waals surface area contributed by atoms with E-state index in [1.165, 1.54) is 6.07 Å². The molecule has 1 aromatic heterocycles. The smallest absolute Gasteiger partial charge is 0.280 e. The Balaban J connectivity index is 1.50. The minimum absolute atomic E-state index is 0.0735. The first kappa shape index (κ1) is 17.3. The lowest BCUT2D eigenvalue weighted by molar-refractivity contribution is -0.131. The van der Waals surface area contributed by atoms with Crippen LogP contribution in [0.5, 0.6) is 5.75 Å². The molecule has 25 heavy (non-hydrogen) atoms. The quantitative estimate of drug-likeness (QED) is 0.821. The Labute approximate surface area is 145 Å². The number of rotatable bonds is 6. The molecule has 1 saturated heterocycles. The van der Waals surface area contributed by atoms with Crippen molar-refractivity contribution < 1.29 is 19.2 Å². The number of carbonyl (C=O) groups excluding carboxylic acids is 1. The maximum Gasteiger partial charge on any atom is 0.280 e. The molecule has 2 heterocycles. The van der Waals surface area contributed by atoms with E-state index in [9.17, 15) is 14.7 Å². The van der Waals surface area contributed by atoms with Gasteiger partial charge in [-0.3, -0.25) is 9.59 Å². The van der Waals surface area contributed by atoms with Gasteiger partial charge in [0.2, 0.25) is 5.91 Å². The molecule has 1 aliphatic heterocycles. The monoisotopic (exact) mass is 346 g/mol. The minimum Gasteiger partial charge on any atom is -0.490 e. The fraction of sp³-hybridized carbons (Fsp3) is 0.444. The number of aromatic amines is 1. The van der Waals surface area contributed by atoms with Crippen molar-refractivity contribution >= 4 is 5.91 Å². The number of hydrogen-bond acceptors (Lipinski definition) is 5. The molecule has 0 bridgehead atoms. The van der Waals surface area contributed by atoms with E-state index in [-0.39, 0.29) is 31.0 Å². The topological polar surface area (TPSA) is 95.8 Å². The third-order valence-electron chi connectivity index (χ3n) is 4.43. The summed E-state index contributed by atoms with van der Waals surface area (Å²) in [5.41, 5.74) is -0.352. The summed E-state index contributed by atoms with van der Waals surface area (Å²) in [6.45, 7) is 2.83. The number of ether oxygens (including phenoxy) is 1. The average Bonchev–Trinajstić information content (AvgIpc) is 3.18. The van der Waals surface area contributed by atoms with Crippen LogP contribution in [0.1, 0.15) is 24.2 Å². The van der Waals surface area contributed by atoms with Gasteiger partial charge in [0, 0.05) is 25.5 Å². The molecule has 0 spiro atoms. The van der Waals surface area contributed by atoms with Crippen LogP contribution in [0.2, 0.25) is 0 Å². The molecule has 7 nitrogen and oxygen atoms in total. The number of likely N-dealkylation sites (tertiary alicyclic amines) is 1. The normalized spacial score (nSPS) is 20.0. The predicted molar refractivity (Wildman–Crippen MR) is 90.5 cm³/mol. The predicted octanol–water partition coefficient (Wildman–Crippen LogP) is 1.25. The van der Waals surface area contributed by atoms with Crippen molar-refractivity contribution in [1.29, 1.82) is 0 Å². The Hall–Kier alpha value is -2.54. The maximum absolute atomic E-state index is 12.3. The number of nitrogens with one attached hydrogen (secondary N) is 1. The van der Waals surface area contributed by atoms with Gasteiger partial charge < -0.3 is 19.3 Å². The van der Waals surface area contributed by atoms with Crippen molar-refractivity contribution in [2.24, 2.45) is 0 Å². The van der Waals surface area contributed by atoms with E-state index < -0.39 is 5.60 Å². The first-order valence-corrected chi connectivity index (χ1v) is 8.31. The summed E-state index contributed by atoms with van der Waals surface area (Å²) in [5, 5.41) is 12.9. The summed E-state index contributed by atoms with van der Waals surface area (Å²) in [7, 11) is 0. The number of amides is 1. The molecule has 1 aliphatic rings. The van der Waals surface area contributed by atoms with Crippen molar-refractivity contribution in [2.75, 3.05) is 19.7 Å². The number of aryl methyl sites for hydroxylation is 2. The Morgan fingerprint density at radius 1 is 1.44 bits per heavy atom. The Bertz CT molecular complexity index is 797. The number of benzene rings is 1. The van der Waals surface area contributed by atoms with Crippen LogP contribution in [0.3, 0.4) is 0 Å². The van der Waals surface area contributed by atoms with E-state index in [0.717, 1.165) is 11.3 Å². The zero-order valence-electron chi connectivity index (χ0n) is 14.2. The second-order valence-corrected chi connectivity index (χ2v) is 6.52. The van der Waals surface area contributed by atoms with Gasteiger partial charge in [-0.15, -0.1) is 0 Å². The van der Waals surface area contributed by atoms with Crippen molar-refractivity contribution in [2.45, 2.75) is 31.8 Å². The fourth-order valence-electron chi connectivity index (χ4n) is 2.95. The largest absolute Gasteiger partial charge is 0.490 e. The Morgan fingerprint density at radius 3 is 2.96 bits per heavy atom.